The maximum Gasteiger partial charge on any atom is 0.344 e. The molecule has 3 aromatic rings. The number of amides is 1. The highest BCUT2D eigenvalue weighted by molar-refractivity contribution is 5.96. The lowest BCUT2D eigenvalue weighted by Gasteiger charge is -2.63. The average Bonchev–Trinajstić information content (AvgIpc) is 3.99. The number of nitrogens with zero attached hydrogens (tertiary/aromatic N) is 3. The number of aromatic amines is 1. The summed E-state index contributed by atoms with van der Waals surface area (Å²) in [5.74, 6) is -2.04. The van der Waals surface area contributed by atoms with Crippen LogP contribution in [0.4, 0.5) is 5.69 Å². The standard InChI is InChI=1S/C52H68N4O10/c1-8-11-12-13-15-33-16-17-39-36(24-33)35-18-22-54-29-34(27-48(61,9-2)30-54)28-51(42(35)53-39,46(59)64-6)38-25-37-40(26-41(38)63-5)56(31-57)44-50(37)20-23-55-21-14-19-49(10-3,43(50)55)45(66-32(4)58)52(44,62)47(60)65-7/h14,16-17,19,24-26,31,34,43-45,53,61-62H,8-13,15,18,20-23,27-30H2,1-7H3/t34-,43+,44-,45-,48+,49-,50-,51+,52+/m1/s1. The van der Waals surface area contributed by atoms with Crippen molar-refractivity contribution in [1.82, 2.24) is 14.8 Å². The Balaban J connectivity index is 1.35. The van der Waals surface area contributed by atoms with Gasteiger partial charge in [-0.3, -0.25) is 24.2 Å². The molecule has 14 heteroatoms. The molecule has 1 unspecified atom stereocenters. The molecule has 3 N–H and O–H groups in total. The fourth-order valence-electron chi connectivity index (χ4n) is 14.4. The first-order chi connectivity index (χ1) is 31.7. The van der Waals surface area contributed by atoms with E-state index < -0.39 is 63.5 Å². The van der Waals surface area contributed by atoms with Crippen LogP contribution >= 0.6 is 0 Å². The largest absolute Gasteiger partial charge is 0.496 e. The Morgan fingerprint density at radius 3 is 2.39 bits per heavy atom. The zero-order valence-electron chi connectivity index (χ0n) is 39.7. The minimum Gasteiger partial charge on any atom is -0.496 e. The van der Waals surface area contributed by atoms with Gasteiger partial charge in [0.05, 0.1) is 38.7 Å². The minimum atomic E-state index is -2.54. The number of anilines is 1. The number of rotatable bonds is 13. The van der Waals surface area contributed by atoms with Crippen molar-refractivity contribution in [3.05, 3.63) is 70.4 Å². The number of methoxy groups -OCH3 is 3. The fraction of sp³-hybridized carbons (Fsp3) is 0.615. The van der Waals surface area contributed by atoms with E-state index in [-0.39, 0.29) is 12.3 Å². The van der Waals surface area contributed by atoms with Gasteiger partial charge in [-0.05, 0) is 98.7 Å². The number of carbonyl (C=O) groups is 4. The number of benzene rings is 2. The molecule has 1 amide bonds. The van der Waals surface area contributed by atoms with Gasteiger partial charge in [0.1, 0.15) is 11.2 Å². The van der Waals surface area contributed by atoms with E-state index in [9.17, 15) is 24.6 Å². The lowest BCUT2D eigenvalue weighted by Crippen LogP contribution is -2.81. The number of aliphatic hydroxyl groups is 2. The van der Waals surface area contributed by atoms with Gasteiger partial charge in [-0.2, -0.15) is 0 Å². The zero-order chi connectivity index (χ0) is 47.0. The molecule has 10 atom stereocenters. The van der Waals surface area contributed by atoms with Gasteiger partial charge >= 0.3 is 17.9 Å². The Morgan fingerprint density at radius 1 is 0.924 bits per heavy atom. The van der Waals surface area contributed by atoms with Crippen LogP contribution in [-0.2, 0) is 57.1 Å². The van der Waals surface area contributed by atoms with E-state index >= 15 is 4.79 Å². The summed E-state index contributed by atoms with van der Waals surface area (Å²) in [6.45, 7) is 10.4. The molecule has 5 aliphatic heterocycles. The van der Waals surface area contributed by atoms with Gasteiger partial charge in [0.15, 0.2) is 6.10 Å². The zero-order valence-corrected chi connectivity index (χ0v) is 39.7. The molecule has 6 heterocycles. The molecule has 2 aromatic carbocycles. The van der Waals surface area contributed by atoms with E-state index in [1.54, 1.807) is 13.2 Å². The smallest absolute Gasteiger partial charge is 0.344 e. The monoisotopic (exact) mass is 908 g/mol. The number of unbranched alkanes of at least 4 members (excludes halogenated alkanes) is 3. The lowest BCUT2D eigenvalue weighted by atomic mass is 9.47. The SMILES string of the molecule is CCCCCCc1ccc2[nH]c3c(c2c1)CCN1C[C@H](C[C@@](O)(CC)C1)C[C@]3(C(=O)OC)c1cc2c(cc1OC)N(C=O)[C@H]1[C@@](O)(C(=O)OC)[C@H](OC(C)=O)[C@]3(CC)C=CCN4CC[C@]21[C@@H]43. The number of hydrogen-bond donors (Lipinski definition) is 3. The van der Waals surface area contributed by atoms with Crippen LogP contribution in [0.25, 0.3) is 10.9 Å². The molecule has 9 rings (SSSR count). The number of piperidine rings is 1. The van der Waals surface area contributed by atoms with Crippen molar-refractivity contribution in [2.45, 2.75) is 139 Å². The second kappa shape index (κ2) is 17.1. The normalized spacial score (nSPS) is 34.3. The van der Waals surface area contributed by atoms with Crippen molar-refractivity contribution < 1.29 is 48.3 Å². The average molecular weight is 909 g/mol. The third kappa shape index (κ3) is 6.54. The maximum atomic E-state index is 15.6. The van der Waals surface area contributed by atoms with E-state index in [2.05, 4.69) is 39.9 Å². The molecule has 1 aliphatic carbocycles. The number of esters is 3. The summed E-state index contributed by atoms with van der Waals surface area (Å²) in [7, 11) is 4.14. The third-order valence-corrected chi connectivity index (χ3v) is 17.0. The molecule has 3 fully saturated rings. The van der Waals surface area contributed by atoms with E-state index in [1.807, 2.05) is 32.1 Å². The van der Waals surface area contributed by atoms with Crippen LogP contribution in [0.1, 0.15) is 113 Å². The van der Waals surface area contributed by atoms with Crippen LogP contribution in [0.3, 0.4) is 0 Å². The Hall–Kier alpha value is -4.76. The van der Waals surface area contributed by atoms with Crippen molar-refractivity contribution in [2.24, 2.45) is 11.3 Å². The number of H-pyrrole nitrogens is 1. The van der Waals surface area contributed by atoms with Crippen LogP contribution in [0.2, 0.25) is 0 Å². The number of aromatic nitrogens is 1. The molecule has 2 saturated heterocycles. The number of carbonyl (C=O) groups excluding carboxylic acids is 4. The number of ether oxygens (including phenoxy) is 4. The first-order valence-corrected chi connectivity index (χ1v) is 24.2. The molecule has 356 valence electrons. The quantitative estimate of drug-likeness (QED) is 0.0636. The first kappa shape index (κ1) is 46.4. The topological polar surface area (TPSA) is 171 Å². The van der Waals surface area contributed by atoms with E-state index in [0.29, 0.717) is 99.5 Å². The van der Waals surface area contributed by atoms with Crippen LogP contribution in [-0.4, -0.2) is 133 Å². The second-order valence-corrected chi connectivity index (χ2v) is 20.3. The Kier molecular flexibility index (Phi) is 12.0. The number of nitrogens with one attached hydrogen (secondary N) is 1. The van der Waals surface area contributed by atoms with Crippen LogP contribution in [0.15, 0.2) is 42.5 Å². The summed E-state index contributed by atoms with van der Waals surface area (Å²) in [6, 6.07) is 8.58. The maximum absolute atomic E-state index is 15.6. The molecular formula is C52H68N4O10. The van der Waals surface area contributed by atoms with E-state index in [0.717, 1.165) is 42.1 Å². The van der Waals surface area contributed by atoms with Gasteiger partial charge in [-0.15, -0.1) is 0 Å². The molecule has 1 saturated carbocycles. The highest BCUT2D eigenvalue weighted by Crippen LogP contribution is 2.68. The van der Waals surface area contributed by atoms with Gasteiger partial charge < -0.3 is 39.0 Å². The second-order valence-electron chi connectivity index (χ2n) is 20.3. The molecule has 14 nitrogen and oxygen atoms in total. The molecule has 1 aromatic heterocycles. The van der Waals surface area contributed by atoms with Gasteiger partial charge in [0.2, 0.25) is 12.0 Å². The van der Waals surface area contributed by atoms with Crippen molar-refractivity contribution in [2.75, 3.05) is 59.0 Å². The first-order valence-electron chi connectivity index (χ1n) is 24.2. The summed E-state index contributed by atoms with van der Waals surface area (Å²) >= 11 is 0. The van der Waals surface area contributed by atoms with Crippen molar-refractivity contribution in [1.29, 1.82) is 0 Å². The van der Waals surface area contributed by atoms with E-state index in [1.165, 1.54) is 38.0 Å². The van der Waals surface area contributed by atoms with Gasteiger partial charge in [-0.1, -0.05) is 58.3 Å². The molecule has 66 heavy (non-hydrogen) atoms. The molecular weight excluding hydrogens is 841 g/mol. The van der Waals surface area contributed by atoms with Crippen molar-refractivity contribution in [3.63, 3.8) is 0 Å². The number of aryl methyl sites for hydroxylation is 1. The Labute approximate surface area is 387 Å². The van der Waals surface area contributed by atoms with Crippen LogP contribution < -0.4 is 9.64 Å². The fourth-order valence-corrected chi connectivity index (χ4v) is 14.4. The summed E-state index contributed by atoms with van der Waals surface area (Å²) < 4.78 is 24.0. The summed E-state index contributed by atoms with van der Waals surface area (Å²) in [4.78, 5) is 66.9. The van der Waals surface area contributed by atoms with Crippen molar-refractivity contribution in [3.8, 4) is 5.75 Å². The number of fused-ring (bicyclic) bond motifs is 6. The summed E-state index contributed by atoms with van der Waals surface area (Å²) in [6.07, 6.45) is 11.4. The third-order valence-electron chi connectivity index (χ3n) is 17.0. The summed E-state index contributed by atoms with van der Waals surface area (Å²) in [5.41, 5.74) is -1.83. The van der Waals surface area contributed by atoms with Crippen molar-refractivity contribution >= 4 is 40.9 Å². The predicted molar refractivity (Wildman–Crippen MR) is 248 cm³/mol. The minimum absolute atomic E-state index is 0.161. The molecule has 6 aliphatic rings. The van der Waals surface area contributed by atoms with Gasteiger partial charge in [0, 0.05) is 78.2 Å². The predicted octanol–water partition coefficient (Wildman–Crippen LogP) is 5.64. The highest BCUT2D eigenvalue weighted by Gasteiger charge is 2.81. The highest BCUT2D eigenvalue weighted by atomic mass is 16.6. The van der Waals surface area contributed by atoms with Gasteiger partial charge in [0.25, 0.3) is 0 Å². The summed E-state index contributed by atoms with van der Waals surface area (Å²) in [5, 5.41) is 26.6. The van der Waals surface area contributed by atoms with Crippen LogP contribution in [0.5, 0.6) is 5.75 Å². The van der Waals surface area contributed by atoms with Crippen LogP contribution in [0, 0.1) is 11.3 Å². The molecule has 1 spiro atoms. The van der Waals surface area contributed by atoms with Gasteiger partial charge in [-0.25, -0.2) is 4.79 Å². The Morgan fingerprint density at radius 2 is 1.71 bits per heavy atom. The lowest BCUT2D eigenvalue weighted by molar-refractivity contribution is -0.228. The number of hydrogen-bond acceptors (Lipinski definition) is 12. The van der Waals surface area contributed by atoms with E-state index in [4.69, 9.17) is 18.9 Å². The molecule has 2 bridgehead atoms. The molecule has 0 radical (unpaired) electrons. The Bertz CT molecular complexity index is 2450.